The average molecular weight is 221 g/mol. The molecule has 0 radical (unpaired) electrons. The fourth-order valence-corrected chi connectivity index (χ4v) is 2.26. The van der Waals surface area contributed by atoms with Gasteiger partial charge in [-0.1, -0.05) is 0 Å². The summed E-state index contributed by atoms with van der Waals surface area (Å²) in [5, 5.41) is 7.66. The zero-order valence-electron chi connectivity index (χ0n) is 8.97. The van der Waals surface area contributed by atoms with Crippen LogP contribution in [0.3, 0.4) is 0 Å². The molecule has 0 fully saturated rings. The van der Waals surface area contributed by atoms with E-state index in [1.54, 1.807) is 11.3 Å². The number of imidazole rings is 1. The molecule has 2 rings (SSSR count). The monoisotopic (exact) mass is 221 g/mol. The van der Waals surface area contributed by atoms with Gasteiger partial charge in [-0.15, -0.1) is 0 Å². The second-order valence-electron chi connectivity index (χ2n) is 3.46. The first-order chi connectivity index (χ1) is 7.31. The molecule has 4 heteroatoms. The molecule has 15 heavy (non-hydrogen) atoms. The lowest BCUT2D eigenvalue weighted by Crippen LogP contribution is -2.10. The number of aryl methyl sites for hydroxylation is 1. The minimum Gasteiger partial charge on any atom is -0.349 e. The maximum atomic E-state index is 4.29. The fraction of sp³-hybridized carbons (Fsp3) is 0.364. The number of hydrogen-bond acceptors (Lipinski definition) is 3. The summed E-state index contributed by atoms with van der Waals surface area (Å²) in [6.45, 7) is 5.21. The van der Waals surface area contributed by atoms with Gasteiger partial charge in [0.15, 0.2) is 0 Å². The third-order valence-corrected chi connectivity index (χ3v) is 3.15. The predicted molar refractivity (Wildman–Crippen MR) is 64.3 cm³/mol. The minimum atomic E-state index is 0.309. The molecule has 0 bridgehead atoms. The Hall–Kier alpha value is -1.29. The van der Waals surface area contributed by atoms with Gasteiger partial charge in [0.05, 0.1) is 6.04 Å². The van der Waals surface area contributed by atoms with Crippen molar-refractivity contribution < 1.29 is 0 Å². The van der Waals surface area contributed by atoms with Crippen molar-refractivity contribution in [1.82, 2.24) is 9.55 Å². The second-order valence-corrected chi connectivity index (χ2v) is 4.24. The summed E-state index contributed by atoms with van der Waals surface area (Å²) >= 11 is 1.72. The molecule has 2 aromatic rings. The van der Waals surface area contributed by atoms with Crippen molar-refractivity contribution in [3.05, 3.63) is 34.8 Å². The summed E-state index contributed by atoms with van der Waals surface area (Å²) in [6.07, 6.45) is 3.81. The predicted octanol–water partition coefficient (Wildman–Crippen LogP) is 3.14. The summed E-state index contributed by atoms with van der Waals surface area (Å²) in [7, 11) is 0. The highest BCUT2D eigenvalue weighted by molar-refractivity contribution is 7.07. The van der Waals surface area contributed by atoms with Gasteiger partial charge in [0.25, 0.3) is 0 Å². The van der Waals surface area contributed by atoms with E-state index in [1.807, 2.05) is 12.4 Å². The van der Waals surface area contributed by atoms with Crippen molar-refractivity contribution >= 4 is 17.3 Å². The third kappa shape index (κ3) is 2.21. The van der Waals surface area contributed by atoms with Crippen molar-refractivity contribution in [1.29, 1.82) is 0 Å². The lowest BCUT2D eigenvalue weighted by Gasteiger charge is -2.14. The molecule has 0 spiro atoms. The lowest BCUT2D eigenvalue weighted by molar-refractivity contribution is 0.745. The van der Waals surface area contributed by atoms with E-state index in [0.29, 0.717) is 6.04 Å². The largest absolute Gasteiger partial charge is 0.349 e. The van der Waals surface area contributed by atoms with E-state index in [0.717, 1.165) is 12.5 Å². The van der Waals surface area contributed by atoms with E-state index in [1.165, 1.54) is 5.56 Å². The molecule has 80 valence electrons. The molecule has 3 nitrogen and oxygen atoms in total. The Morgan fingerprint density at radius 3 is 3.13 bits per heavy atom. The van der Waals surface area contributed by atoms with Gasteiger partial charge >= 0.3 is 0 Å². The number of rotatable bonds is 4. The number of thiophene rings is 1. The standard InChI is InChI=1S/C11H15N3S/c1-3-14-6-5-12-11(14)13-9(2)10-4-7-15-8-10/h4-9H,3H2,1-2H3,(H,12,13). The third-order valence-electron chi connectivity index (χ3n) is 2.44. The van der Waals surface area contributed by atoms with Crippen LogP contribution in [-0.4, -0.2) is 9.55 Å². The summed E-state index contributed by atoms with van der Waals surface area (Å²) in [5.74, 6) is 0.941. The van der Waals surface area contributed by atoms with Gasteiger partial charge in [-0.2, -0.15) is 11.3 Å². The molecule has 0 saturated carbocycles. The molecule has 0 aliphatic carbocycles. The zero-order chi connectivity index (χ0) is 10.7. The molecular formula is C11H15N3S. The summed E-state index contributed by atoms with van der Waals surface area (Å²) in [4.78, 5) is 4.29. The molecule has 0 aliphatic rings. The first kappa shape index (κ1) is 10.2. The minimum absolute atomic E-state index is 0.309. The van der Waals surface area contributed by atoms with Crippen LogP contribution in [0.25, 0.3) is 0 Å². The van der Waals surface area contributed by atoms with Gasteiger partial charge in [0.2, 0.25) is 5.95 Å². The molecule has 0 saturated heterocycles. The maximum absolute atomic E-state index is 4.29. The van der Waals surface area contributed by atoms with Gasteiger partial charge in [0.1, 0.15) is 0 Å². The van der Waals surface area contributed by atoms with Gasteiger partial charge in [0, 0.05) is 18.9 Å². The number of nitrogens with one attached hydrogen (secondary N) is 1. The van der Waals surface area contributed by atoms with Crippen molar-refractivity contribution in [2.45, 2.75) is 26.4 Å². The van der Waals surface area contributed by atoms with Crippen molar-refractivity contribution in [3.63, 3.8) is 0 Å². The van der Waals surface area contributed by atoms with Crippen LogP contribution in [0.1, 0.15) is 25.5 Å². The Labute approximate surface area is 93.8 Å². The van der Waals surface area contributed by atoms with Crippen LogP contribution < -0.4 is 5.32 Å². The molecule has 1 unspecified atom stereocenters. The van der Waals surface area contributed by atoms with Gasteiger partial charge in [-0.25, -0.2) is 4.98 Å². The van der Waals surface area contributed by atoms with Crippen LogP contribution in [0.15, 0.2) is 29.2 Å². The normalized spacial score (nSPS) is 12.7. The van der Waals surface area contributed by atoms with Crippen LogP contribution in [0.2, 0.25) is 0 Å². The van der Waals surface area contributed by atoms with Crippen molar-refractivity contribution in [2.24, 2.45) is 0 Å². The topological polar surface area (TPSA) is 29.9 Å². The SMILES string of the molecule is CCn1ccnc1NC(C)c1ccsc1. The molecule has 0 amide bonds. The first-order valence-electron chi connectivity index (χ1n) is 5.11. The Bertz CT molecular complexity index is 405. The lowest BCUT2D eigenvalue weighted by atomic mass is 10.2. The van der Waals surface area contributed by atoms with Crippen LogP contribution >= 0.6 is 11.3 Å². The number of aromatic nitrogens is 2. The van der Waals surface area contributed by atoms with Crippen LogP contribution in [0, 0.1) is 0 Å². The average Bonchev–Trinajstić information content (AvgIpc) is 2.87. The van der Waals surface area contributed by atoms with Gasteiger partial charge in [-0.05, 0) is 36.2 Å². The quantitative estimate of drug-likeness (QED) is 0.859. The Morgan fingerprint density at radius 2 is 2.47 bits per heavy atom. The van der Waals surface area contributed by atoms with E-state index in [9.17, 15) is 0 Å². The van der Waals surface area contributed by atoms with E-state index in [-0.39, 0.29) is 0 Å². The van der Waals surface area contributed by atoms with E-state index >= 15 is 0 Å². The smallest absolute Gasteiger partial charge is 0.203 e. The first-order valence-corrected chi connectivity index (χ1v) is 6.05. The highest BCUT2D eigenvalue weighted by Gasteiger charge is 2.08. The molecule has 2 aromatic heterocycles. The highest BCUT2D eigenvalue weighted by atomic mass is 32.1. The van der Waals surface area contributed by atoms with Crippen LogP contribution in [-0.2, 0) is 6.54 Å². The number of anilines is 1. The molecule has 0 aromatic carbocycles. The van der Waals surface area contributed by atoms with Crippen molar-refractivity contribution in [3.8, 4) is 0 Å². The van der Waals surface area contributed by atoms with Crippen molar-refractivity contribution in [2.75, 3.05) is 5.32 Å². The van der Waals surface area contributed by atoms with E-state index in [2.05, 4.69) is 45.5 Å². The summed E-state index contributed by atoms with van der Waals surface area (Å²) in [5.41, 5.74) is 1.31. The molecule has 1 N–H and O–H groups in total. The molecule has 0 aliphatic heterocycles. The Kier molecular flexibility index (Phi) is 3.06. The molecular weight excluding hydrogens is 206 g/mol. The molecule has 1 atom stereocenters. The van der Waals surface area contributed by atoms with E-state index in [4.69, 9.17) is 0 Å². The number of nitrogens with zero attached hydrogens (tertiary/aromatic N) is 2. The highest BCUT2D eigenvalue weighted by Crippen LogP contribution is 2.20. The maximum Gasteiger partial charge on any atom is 0.203 e. The Morgan fingerprint density at radius 1 is 1.60 bits per heavy atom. The van der Waals surface area contributed by atoms with Gasteiger partial charge in [-0.3, -0.25) is 0 Å². The second kappa shape index (κ2) is 4.49. The molecule has 2 heterocycles. The number of hydrogen-bond donors (Lipinski definition) is 1. The summed E-state index contributed by atoms with van der Waals surface area (Å²) < 4.78 is 2.10. The zero-order valence-corrected chi connectivity index (χ0v) is 9.79. The van der Waals surface area contributed by atoms with Crippen LogP contribution in [0.5, 0.6) is 0 Å². The van der Waals surface area contributed by atoms with Gasteiger partial charge < -0.3 is 9.88 Å². The summed E-state index contributed by atoms with van der Waals surface area (Å²) in [6, 6.07) is 2.45. The van der Waals surface area contributed by atoms with E-state index < -0.39 is 0 Å². The van der Waals surface area contributed by atoms with Crippen LogP contribution in [0.4, 0.5) is 5.95 Å². The fourth-order valence-electron chi connectivity index (χ4n) is 1.50. The Balaban J connectivity index is 2.09.